The van der Waals surface area contributed by atoms with Gasteiger partial charge in [0.2, 0.25) is 0 Å². The summed E-state index contributed by atoms with van der Waals surface area (Å²) in [5, 5.41) is 0.922. The fourth-order valence-electron chi connectivity index (χ4n) is 5.93. The molecule has 0 N–H and O–H groups in total. The summed E-state index contributed by atoms with van der Waals surface area (Å²) in [6, 6.07) is -0.398. The number of aryl methyl sites for hydroxylation is 1. The van der Waals surface area contributed by atoms with E-state index in [1.165, 1.54) is 0 Å². The third-order valence-corrected chi connectivity index (χ3v) is 8.04. The molecular formula is C23H28ClF2N5O. The molecule has 3 saturated heterocycles. The smallest absolute Gasteiger partial charge is 0.319 e. The van der Waals surface area contributed by atoms with Crippen LogP contribution in [0.1, 0.15) is 46.8 Å². The normalized spacial score (nSPS) is 35.8. The van der Waals surface area contributed by atoms with Crippen molar-refractivity contribution in [2.24, 2.45) is 5.92 Å². The Balaban J connectivity index is 1.44. The van der Waals surface area contributed by atoms with Crippen LogP contribution < -0.4 is 9.64 Å². The lowest BCUT2D eigenvalue weighted by molar-refractivity contribution is 0.107. The lowest BCUT2D eigenvalue weighted by Crippen LogP contribution is -2.43. The summed E-state index contributed by atoms with van der Waals surface area (Å²) in [4.78, 5) is 17.3. The van der Waals surface area contributed by atoms with E-state index in [4.69, 9.17) is 19.1 Å². The highest BCUT2D eigenvalue weighted by Gasteiger charge is 2.55. The van der Waals surface area contributed by atoms with Crippen LogP contribution in [0, 0.1) is 12.8 Å². The lowest BCUT2D eigenvalue weighted by Gasteiger charge is -2.31. The fraction of sp³-hybridized carbons (Fsp3) is 0.696. The maximum Gasteiger partial charge on any atom is 0.319 e. The summed E-state index contributed by atoms with van der Waals surface area (Å²) in [6.45, 7) is 1.08. The zero-order valence-electron chi connectivity index (χ0n) is 20.0. The molecule has 6 rings (SSSR count). The van der Waals surface area contributed by atoms with Crippen molar-refractivity contribution in [1.29, 1.82) is 0 Å². The Labute approximate surface area is 194 Å². The van der Waals surface area contributed by atoms with E-state index in [0.29, 0.717) is 41.8 Å². The number of aromatic nitrogens is 3. The van der Waals surface area contributed by atoms with Crippen molar-refractivity contribution in [2.75, 3.05) is 31.1 Å². The molecule has 0 radical (unpaired) electrons. The largest absolute Gasteiger partial charge is 0.461 e. The van der Waals surface area contributed by atoms with Gasteiger partial charge in [-0.25, -0.2) is 13.8 Å². The van der Waals surface area contributed by atoms with Gasteiger partial charge in [-0.1, -0.05) is 18.0 Å². The molecule has 5 heterocycles. The number of halogens is 3. The molecule has 0 unspecified atom stereocenters. The molecule has 0 bridgehead atoms. The van der Waals surface area contributed by atoms with Gasteiger partial charge < -0.3 is 9.64 Å². The number of hydrogen-bond donors (Lipinski definition) is 0. The number of pyridine rings is 1. The molecule has 5 atom stereocenters. The van der Waals surface area contributed by atoms with E-state index >= 15 is 0 Å². The summed E-state index contributed by atoms with van der Waals surface area (Å²) < 4.78 is 52.6. The Morgan fingerprint density at radius 2 is 2.16 bits per heavy atom. The number of rotatable bonds is 4. The summed E-state index contributed by atoms with van der Waals surface area (Å²) in [6.07, 6.45) is 3.69. The van der Waals surface area contributed by atoms with Gasteiger partial charge in [0.25, 0.3) is 0 Å². The second-order valence-electron chi connectivity index (χ2n) is 9.64. The Morgan fingerprint density at radius 3 is 3.03 bits per heavy atom. The van der Waals surface area contributed by atoms with E-state index in [-0.39, 0.29) is 36.1 Å². The molecule has 6 nitrogen and oxygen atoms in total. The molecule has 1 aliphatic carbocycles. The van der Waals surface area contributed by atoms with E-state index in [1.807, 2.05) is 9.80 Å². The molecule has 1 saturated carbocycles. The zero-order chi connectivity index (χ0) is 23.8. The fourth-order valence-corrected chi connectivity index (χ4v) is 6.07. The maximum atomic E-state index is 14.6. The van der Waals surface area contributed by atoms with Crippen molar-refractivity contribution in [3.8, 4) is 6.01 Å². The quantitative estimate of drug-likeness (QED) is 0.628. The third-order valence-electron chi connectivity index (χ3n) is 7.66. The average molecular weight is 466 g/mol. The Hall–Kier alpha value is -1.80. The number of fused-ring (bicyclic) bond motifs is 3. The Morgan fingerprint density at radius 1 is 1.28 bits per heavy atom. The second-order valence-corrected chi connectivity index (χ2v) is 10.00. The molecule has 2 aromatic heterocycles. The lowest BCUT2D eigenvalue weighted by atomic mass is 9.95. The highest BCUT2D eigenvalue weighted by molar-refractivity contribution is 6.31. The molecule has 9 heteroatoms. The van der Waals surface area contributed by atoms with Gasteiger partial charge in [0.05, 0.1) is 25.2 Å². The van der Waals surface area contributed by atoms with Crippen molar-refractivity contribution in [3.05, 3.63) is 16.9 Å². The molecule has 2 aromatic rings. The van der Waals surface area contributed by atoms with Gasteiger partial charge in [-0.15, -0.1) is 0 Å². The van der Waals surface area contributed by atoms with E-state index < -0.39 is 24.4 Å². The molecule has 0 aromatic carbocycles. The van der Waals surface area contributed by atoms with E-state index in [2.05, 4.69) is 15.0 Å². The number of hydrogen-bond acceptors (Lipinski definition) is 6. The molecule has 32 heavy (non-hydrogen) atoms. The van der Waals surface area contributed by atoms with Crippen molar-refractivity contribution in [1.82, 2.24) is 19.9 Å². The average Bonchev–Trinajstić information content (AvgIpc) is 3.14. The van der Waals surface area contributed by atoms with Gasteiger partial charge in [-0.05, 0) is 39.2 Å². The highest BCUT2D eigenvalue weighted by Crippen LogP contribution is 2.48. The summed E-state index contributed by atoms with van der Waals surface area (Å²) in [5.41, 5.74) is 0.0742. The maximum absolute atomic E-state index is 14.6. The Bertz CT molecular complexity index is 1140. The predicted molar refractivity (Wildman–Crippen MR) is 119 cm³/mol. The van der Waals surface area contributed by atoms with E-state index in [1.54, 1.807) is 13.1 Å². The third kappa shape index (κ3) is 3.24. The number of nitrogens with zero attached hydrogens (tertiary/aromatic N) is 5. The van der Waals surface area contributed by atoms with Crippen LogP contribution >= 0.6 is 11.6 Å². The van der Waals surface area contributed by atoms with Crippen LogP contribution in [0.2, 0.25) is 5.15 Å². The van der Waals surface area contributed by atoms with Crippen molar-refractivity contribution in [2.45, 2.75) is 69.4 Å². The molecule has 4 fully saturated rings. The van der Waals surface area contributed by atoms with Crippen LogP contribution in [0.5, 0.6) is 6.01 Å². The molecule has 3 aliphatic heterocycles. The SMILES string of the molecule is [2H]C([2H])(Oc1nc(N2CCCC[C@H]3[C@H](F)[C@H]32)c2cnc(Cl)c(C)c2n1)[C@@]12CCCN1C[C@H](F)C2. The second kappa shape index (κ2) is 7.62. The first-order chi connectivity index (χ1) is 16.2. The van der Waals surface area contributed by atoms with Gasteiger partial charge >= 0.3 is 6.01 Å². The van der Waals surface area contributed by atoms with Crippen LogP contribution in [0.15, 0.2) is 6.20 Å². The molecule has 4 aliphatic rings. The summed E-state index contributed by atoms with van der Waals surface area (Å²) >= 11 is 6.28. The molecule has 0 amide bonds. The van der Waals surface area contributed by atoms with Crippen LogP contribution in [0.25, 0.3) is 10.9 Å². The van der Waals surface area contributed by atoms with Gasteiger partial charge in [0.1, 0.15) is 29.9 Å². The topological polar surface area (TPSA) is 54.4 Å². The van der Waals surface area contributed by atoms with Crippen molar-refractivity contribution in [3.63, 3.8) is 0 Å². The number of anilines is 1. The van der Waals surface area contributed by atoms with Crippen LogP contribution in [0.4, 0.5) is 14.6 Å². The number of ether oxygens (including phenoxy) is 1. The Kier molecular flexibility index (Phi) is 4.43. The van der Waals surface area contributed by atoms with Crippen molar-refractivity contribution >= 4 is 28.3 Å². The zero-order valence-corrected chi connectivity index (χ0v) is 18.8. The highest BCUT2D eigenvalue weighted by atomic mass is 35.5. The molecular weight excluding hydrogens is 436 g/mol. The first kappa shape index (κ1) is 18.6. The van der Waals surface area contributed by atoms with Crippen molar-refractivity contribution < 1.29 is 16.3 Å². The first-order valence-electron chi connectivity index (χ1n) is 12.5. The first-order valence-corrected chi connectivity index (χ1v) is 11.9. The minimum absolute atomic E-state index is 0.0180. The molecule has 172 valence electrons. The van der Waals surface area contributed by atoms with Crippen LogP contribution in [-0.4, -0.2) is 70.0 Å². The van der Waals surface area contributed by atoms with Gasteiger partial charge in [-0.2, -0.15) is 9.97 Å². The van der Waals surface area contributed by atoms with Crippen LogP contribution in [-0.2, 0) is 0 Å². The molecule has 0 spiro atoms. The summed E-state index contributed by atoms with van der Waals surface area (Å²) in [7, 11) is 0. The van der Waals surface area contributed by atoms with Gasteiger partial charge in [0, 0.05) is 37.2 Å². The monoisotopic (exact) mass is 465 g/mol. The van der Waals surface area contributed by atoms with E-state index in [9.17, 15) is 8.78 Å². The standard InChI is InChI=1S/C23H28ClF2N5O/c1-13-18-16(10-27-20(13)24)21(31-8-3-2-5-15-17(26)19(15)31)29-22(28-18)32-12-23-6-4-7-30(23)11-14(25)9-23/h10,14-15,17,19H,2-9,11-12H2,1H3/t14-,15+,17+,19+,23+/m1/s1/i12D2. The van der Waals surface area contributed by atoms with Crippen LogP contribution in [0.3, 0.4) is 0 Å². The minimum atomic E-state index is -2.20. The summed E-state index contributed by atoms with van der Waals surface area (Å²) in [5.74, 6) is 0.478. The number of alkyl halides is 2. The predicted octanol–water partition coefficient (Wildman–Crippen LogP) is 4.27. The van der Waals surface area contributed by atoms with Gasteiger partial charge in [-0.3, -0.25) is 4.90 Å². The van der Waals surface area contributed by atoms with Gasteiger partial charge in [0.15, 0.2) is 0 Å². The minimum Gasteiger partial charge on any atom is -0.461 e. The van der Waals surface area contributed by atoms with E-state index in [0.717, 1.165) is 25.7 Å².